The lowest BCUT2D eigenvalue weighted by Crippen LogP contribution is -2.29. The maximum absolute atomic E-state index is 14.1. The predicted octanol–water partition coefficient (Wildman–Crippen LogP) is 3.12. The third kappa shape index (κ3) is 5.47. The van der Waals surface area contributed by atoms with Gasteiger partial charge in [-0.15, -0.1) is 0 Å². The lowest BCUT2D eigenvalue weighted by molar-refractivity contribution is -0.122. The zero-order chi connectivity index (χ0) is 22.1. The summed E-state index contributed by atoms with van der Waals surface area (Å²) in [5.41, 5.74) is 1.33. The molecule has 1 saturated heterocycles. The number of nitrogens with zero attached hydrogens (tertiary/aromatic N) is 2. The molecule has 158 valence electrons. The van der Waals surface area contributed by atoms with E-state index in [-0.39, 0.29) is 23.5 Å². The molecule has 0 aromatic heterocycles. The Balaban J connectivity index is 0.00000101. The average Bonchev–Trinajstić information content (AvgIpc) is 3.22. The van der Waals surface area contributed by atoms with Crippen LogP contribution in [-0.4, -0.2) is 49.7 Å². The molecule has 8 heteroatoms. The van der Waals surface area contributed by atoms with E-state index in [2.05, 4.69) is 0 Å². The molecule has 3 rings (SSSR count). The van der Waals surface area contributed by atoms with E-state index < -0.39 is 5.82 Å². The Morgan fingerprint density at radius 3 is 2.57 bits per heavy atom. The monoisotopic (exact) mass is 414 g/mol. The van der Waals surface area contributed by atoms with E-state index in [1.165, 1.54) is 12.1 Å². The van der Waals surface area contributed by atoms with E-state index in [1.807, 2.05) is 24.3 Å². The van der Waals surface area contributed by atoms with Crippen LogP contribution in [0.3, 0.4) is 0 Å². The summed E-state index contributed by atoms with van der Waals surface area (Å²) < 4.78 is 24.7. The molecular weight excluding hydrogens is 391 g/mol. The SMILES string of the molecule is COc1ccc(CC2CCN(C(=O)c3ccc(C#N)cc3F)C2)cc1OC.O=CO. The highest BCUT2D eigenvalue weighted by atomic mass is 19.1. The van der Waals surface area contributed by atoms with Crippen LogP contribution in [0.2, 0.25) is 0 Å². The lowest BCUT2D eigenvalue weighted by atomic mass is 9.98. The summed E-state index contributed by atoms with van der Waals surface area (Å²) in [6.45, 7) is 0.919. The van der Waals surface area contributed by atoms with Crippen LogP contribution in [0.4, 0.5) is 4.39 Å². The van der Waals surface area contributed by atoms with Gasteiger partial charge in [-0.1, -0.05) is 6.07 Å². The zero-order valence-electron chi connectivity index (χ0n) is 16.8. The van der Waals surface area contributed by atoms with Crippen LogP contribution in [0, 0.1) is 23.1 Å². The van der Waals surface area contributed by atoms with Crippen molar-refractivity contribution >= 4 is 12.4 Å². The summed E-state index contributed by atoms with van der Waals surface area (Å²) in [7, 11) is 3.20. The molecule has 30 heavy (non-hydrogen) atoms. The van der Waals surface area contributed by atoms with Gasteiger partial charge in [0.15, 0.2) is 11.5 Å². The van der Waals surface area contributed by atoms with Gasteiger partial charge in [0.2, 0.25) is 0 Å². The van der Waals surface area contributed by atoms with Crippen molar-refractivity contribution in [2.45, 2.75) is 12.8 Å². The standard InChI is InChI=1S/C21H21FN2O3.CH2O2/c1-26-19-6-4-14(11-20(19)27-2)9-16-7-8-24(13-16)21(25)17-5-3-15(12-23)10-18(17)22;2-1-3/h3-6,10-11,16H,7-9,13H2,1-2H3;1H,(H,2,3). The maximum Gasteiger partial charge on any atom is 0.290 e. The normalized spacial score (nSPS) is 14.9. The van der Waals surface area contributed by atoms with Gasteiger partial charge in [0.25, 0.3) is 12.4 Å². The summed E-state index contributed by atoms with van der Waals surface area (Å²) in [6.07, 6.45) is 1.66. The molecule has 1 N–H and O–H groups in total. The Morgan fingerprint density at radius 2 is 1.97 bits per heavy atom. The number of ether oxygens (including phenoxy) is 2. The van der Waals surface area contributed by atoms with Crippen molar-refractivity contribution in [1.82, 2.24) is 4.90 Å². The minimum absolute atomic E-state index is 0.0146. The highest BCUT2D eigenvalue weighted by molar-refractivity contribution is 5.94. The predicted molar refractivity (Wildman–Crippen MR) is 107 cm³/mol. The molecule has 0 bridgehead atoms. The lowest BCUT2D eigenvalue weighted by Gasteiger charge is -2.17. The summed E-state index contributed by atoms with van der Waals surface area (Å²) in [6, 6.07) is 11.6. The van der Waals surface area contributed by atoms with Gasteiger partial charge in [0.05, 0.1) is 31.4 Å². The van der Waals surface area contributed by atoms with E-state index in [0.29, 0.717) is 30.5 Å². The first kappa shape index (κ1) is 22.7. The number of hydrogen-bond acceptors (Lipinski definition) is 5. The molecule has 0 saturated carbocycles. The van der Waals surface area contributed by atoms with Crippen molar-refractivity contribution in [3.63, 3.8) is 0 Å². The van der Waals surface area contributed by atoms with Gasteiger partial charge in [-0.25, -0.2) is 4.39 Å². The van der Waals surface area contributed by atoms with Crippen LogP contribution in [0.25, 0.3) is 0 Å². The quantitative estimate of drug-likeness (QED) is 0.755. The first-order valence-electron chi connectivity index (χ1n) is 9.25. The number of likely N-dealkylation sites (tertiary alicyclic amines) is 1. The van der Waals surface area contributed by atoms with Gasteiger partial charge in [-0.05, 0) is 54.7 Å². The Bertz CT molecular complexity index is 942. The molecular formula is C22H23FN2O5. The fraction of sp³-hybridized carbons (Fsp3) is 0.318. The molecule has 1 atom stereocenters. The van der Waals surface area contributed by atoms with Crippen LogP contribution in [-0.2, 0) is 11.2 Å². The molecule has 0 radical (unpaired) electrons. The van der Waals surface area contributed by atoms with Crippen molar-refractivity contribution in [1.29, 1.82) is 5.26 Å². The number of halogens is 1. The third-order valence-corrected chi connectivity index (χ3v) is 4.87. The van der Waals surface area contributed by atoms with Gasteiger partial charge in [0.1, 0.15) is 5.82 Å². The smallest absolute Gasteiger partial charge is 0.290 e. The Labute approximate surface area is 174 Å². The topological polar surface area (TPSA) is 99.9 Å². The first-order chi connectivity index (χ1) is 14.5. The van der Waals surface area contributed by atoms with Crippen LogP contribution in [0.15, 0.2) is 36.4 Å². The number of carboxylic acid groups (broad SMARTS) is 1. The van der Waals surface area contributed by atoms with Crippen molar-refractivity contribution < 1.29 is 28.6 Å². The minimum Gasteiger partial charge on any atom is -0.493 e. The molecule has 0 spiro atoms. The number of nitriles is 1. The van der Waals surface area contributed by atoms with Gasteiger partial charge < -0.3 is 19.5 Å². The number of hydrogen-bond donors (Lipinski definition) is 1. The van der Waals surface area contributed by atoms with Gasteiger partial charge in [-0.2, -0.15) is 5.26 Å². The minimum atomic E-state index is -0.651. The van der Waals surface area contributed by atoms with E-state index >= 15 is 0 Å². The largest absolute Gasteiger partial charge is 0.493 e. The van der Waals surface area contributed by atoms with E-state index in [0.717, 1.165) is 24.5 Å². The highest BCUT2D eigenvalue weighted by Gasteiger charge is 2.28. The number of methoxy groups -OCH3 is 2. The summed E-state index contributed by atoms with van der Waals surface area (Å²) in [5, 5.41) is 15.7. The molecule has 1 aliphatic rings. The highest BCUT2D eigenvalue weighted by Crippen LogP contribution is 2.30. The van der Waals surface area contributed by atoms with Crippen molar-refractivity contribution in [2.24, 2.45) is 5.92 Å². The van der Waals surface area contributed by atoms with Crippen molar-refractivity contribution in [3.05, 3.63) is 58.9 Å². The molecule has 0 aliphatic carbocycles. The number of amides is 1. The number of carbonyl (C=O) groups is 2. The molecule has 2 aromatic rings. The molecule has 1 aliphatic heterocycles. The first-order valence-corrected chi connectivity index (χ1v) is 9.25. The molecule has 1 fully saturated rings. The molecule has 7 nitrogen and oxygen atoms in total. The Hall–Kier alpha value is -3.60. The fourth-order valence-electron chi connectivity index (χ4n) is 3.45. The molecule has 1 heterocycles. The van der Waals surface area contributed by atoms with Crippen LogP contribution in [0.5, 0.6) is 11.5 Å². The summed E-state index contributed by atoms with van der Waals surface area (Å²) >= 11 is 0. The van der Waals surface area contributed by atoms with E-state index in [9.17, 15) is 9.18 Å². The van der Waals surface area contributed by atoms with Crippen molar-refractivity contribution in [3.8, 4) is 17.6 Å². The Morgan fingerprint density at radius 1 is 1.27 bits per heavy atom. The second-order valence-corrected chi connectivity index (χ2v) is 6.71. The van der Waals surface area contributed by atoms with Crippen LogP contribution in [0.1, 0.15) is 27.9 Å². The second-order valence-electron chi connectivity index (χ2n) is 6.71. The average molecular weight is 414 g/mol. The second kappa shape index (κ2) is 10.8. The van der Waals surface area contributed by atoms with Gasteiger partial charge in [-0.3, -0.25) is 9.59 Å². The van der Waals surface area contributed by atoms with E-state index in [4.69, 9.17) is 24.6 Å². The summed E-state index contributed by atoms with van der Waals surface area (Å²) in [5.74, 6) is 0.684. The van der Waals surface area contributed by atoms with E-state index in [1.54, 1.807) is 19.1 Å². The van der Waals surface area contributed by atoms with Gasteiger partial charge in [0, 0.05) is 13.1 Å². The molecule has 1 amide bonds. The number of carbonyl (C=O) groups excluding carboxylic acids is 1. The van der Waals surface area contributed by atoms with Crippen LogP contribution >= 0.6 is 0 Å². The maximum atomic E-state index is 14.1. The fourth-order valence-corrected chi connectivity index (χ4v) is 3.45. The Kier molecular flexibility index (Phi) is 8.18. The third-order valence-electron chi connectivity index (χ3n) is 4.87. The molecule has 2 aromatic carbocycles. The zero-order valence-corrected chi connectivity index (χ0v) is 16.8. The number of benzene rings is 2. The van der Waals surface area contributed by atoms with Crippen LogP contribution < -0.4 is 9.47 Å². The van der Waals surface area contributed by atoms with Crippen molar-refractivity contribution in [2.75, 3.05) is 27.3 Å². The molecule has 1 unspecified atom stereocenters. The summed E-state index contributed by atoms with van der Waals surface area (Å²) in [4.78, 5) is 22.7. The van der Waals surface area contributed by atoms with Gasteiger partial charge >= 0.3 is 0 Å². The number of rotatable bonds is 5.